The Morgan fingerprint density at radius 2 is 1.67 bits per heavy atom. The van der Waals surface area contributed by atoms with Crippen LogP contribution in [0.1, 0.15) is 66.9 Å². The predicted octanol–water partition coefficient (Wildman–Crippen LogP) is 4.78. The topological polar surface area (TPSA) is 145 Å². The maximum atomic E-state index is 14.9. The van der Waals surface area contributed by atoms with Crippen LogP contribution in [0.2, 0.25) is 0 Å². The van der Waals surface area contributed by atoms with E-state index in [4.69, 9.17) is 14.8 Å². The van der Waals surface area contributed by atoms with Crippen LogP contribution in [0.5, 0.6) is 0 Å². The maximum absolute atomic E-state index is 14.9. The van der Waals surface area contributed by atoms with Gasteiger partial charge in [-0.05, 0) is 58.7 Å². The summed E-state index contributed by atoms with van der Waals surface area (Å²) in [5, 5.41) is 11.4. The summed E-state index contributed by atoms with van der Waals surface area (Å²) in [6.45, 7) is 20.1. The van der Waals surface area contributed by atoms with E-state index in [9.17, 15) is 18.4 Å². The van der Waals surface area contributed by atoms with Gasteiger partial charge in [0.1, 0.15) is 29.7 Å². The van der Waals surface area contributed by atoms with Crippen molar-refractivity contribution in [2.45, 2.75) is 66.8 Å². The third-order valence-corrected chi connectivity index (χ3v) is 7.19. The van der Waals surface area contributed by atoms with Crippen LogP contribution in [0, 0.1) is 28.4 Å². The van der Waals surface area contributed by atoms with Crippen LogP contribution in [0.3, 0.4) is 0 Å². The van der Waals surface area contributed by atoms with E-state index in [0.29, 0.717) is 37.8 Å². The molecule has 1 N–H and O–H groups in total. The van der Waals surface area contributed by atoms with Crippen molar-refractivity contribution >= 4 is 41.9 Å². The minimum absolute atomic E-state index is 0.0317. The molecule has 3 heterocycles. The Balaban J connectivity index is 0.000000845. The molecular weight excluding hydrogens is 674 g/mol. The first-order chi connectivity index (χ1) is 24.5. The molecular formula is C37H60F2N8O5. The van der Waals surface area contributed by atoms with Gasteiger partial charge in [-0.3, -0.25) is 14.7 Å². The Hall–Kier alpha value is -4.26. The maximum Gasteiger partial charge on any atom is 0.210 e. The fourth-order valence-electron chi connectivity index (χ4n) is 4.32. The molecule has 1 aromatic carbocycles. The minimum atomic E-state index is -0.781. The second-order valence-electron chi connectivity index (χ2n) is 14.0. The molecule has 0 bridgehead atoms. The first-order valence-corrected chi connectivity index (χ1v) is 17.2. The van der Waals surface area contributed by atoms with Crippen LogP contribution in [0.4, 0.5) is 14.7 Å². The number of amides is 1. The number of rotatable bonds is 8. The number of nitrogens with zero attached hydrogens (tertiary/aromatic N) is 7. The Morgan fingerprint density at radius 3 is 2.08 bits per heavy atom. The fourth-order valence-corrected chi connectivity index (χ4v) is 4.32. The molecule has 1 fully saturated rings. The lowest BCUT2D eigenvalue weighted by Gasteiger charge is -2.30. The molecule has 0 unspecified atom stereocenters. The largest absolute Gasteiger partial charge is 0.456 e. The van der Waals surface area contributed by atoms with Crippen molar-refractivity contribution in [3.8, 4) is 6.07 Å². The third kappa shape index (κ3) is 17.8. The van der Waals surface area contributed by atoms with E-state index in [1.165, 1.54) is 0 Å². The molecule has 0 aliphatic carbocycles. The van der Waals surface area contributed by atoms with Gasteiger partial charge in [0.05, 0.1) is 12.1 Å². The second kappa shape index (κ2) is 24.8. The molecule has 2 aromatic rings. The molecule has 0 saturated carbocycles. The number of dihydropyridines is 1. The van der Waals surface area contributed by atoms with Crippen molar-refractivity contribution in [2.75, 3.05) is 85.8 Å². The summed E-state index contributed by atoms with van der Waals surface area (Å²) in [5.74, 6) is -0.668. The SMILES string of the molecule is CC(C)(C)CC=O.CCOC.CN(COC1=NCCC=C1)c1nc2c(F)cc(C#N)c(F)c2n1C(C)(C)C.CN1CCN(CC=O)CC1.CNC=O. The van der Waals surface area contributed by atoms with Crippen molar-refractivity contribution in [2.24, 2.45) is 10.4 Å². The van der Waals surface area contributed by atoms with Gasteiger partial charge in [-0.15, -0.1) is 0 Å². The zero-order chi connectivity index (χ0) is 39.9. The molecule has 0 atom stereocenters. The molecule has 1 amide bonds. The summed E-state index contributed by atoms with van der Waals surface area (Å²) >= 11 is 0. The Labute approximate surface area is 308 Å². The summed E-state index contributed by atoms with van der Waals surface area (Å²) in [6.07, 6.45) is 7.87. The van der Waals surface area contributed by atoms with Crippen LogP contribution in [0.15, 0.2) is 23.2 Å². The highest BCUT2D eigenvalue weighted by Gasteiger charge is 2.29. The standard InChI is InChI=1S/C19H21F2N5O.C7H14N2O.C6H12O.C3H8O.C2H5NO/c1-19(2,3)26-17-15(21)12(10-22)9-13(20)16(17)24-18(26)25(4)11-27-14-7-5-6-8-23-14;1-8-2-4-9(5-3-8)6-7-10;1-6(2,3)4-5-7;1-3-4-2;1-3-2-4/h5,7,9H,6,8,11H2,1-4H3;7H,2-6H2,1H3;5H,4H2,1-3H3;3H2,1-2H3;2H,1H3,(H,3,4). The summed E-state index contributed by atoms with van der Waals surface area (Å²) in [7, 11) is 7.07. The number of anilines is 1. The summed E-state index contributed by atoms with van der Waals surface area (Å²) in [4.78, 5) is 43.7. The smallest absolute Gasteiger partial charge is 0.210 e. The summed E-state index contributed by atoms with van der Waals surface area (Å²) in [5.41, 5.74) is -0.921. The van der Waals surface area contributed by atoms with E-state index in [2.05, 4.69) is 36.9 Å². The van der Waals surface area contributed by atoms with Gasteiger partial charge in [-0.25, -0.2) is 13.8 Å². The van der Waals surface area contributed by atoms with Crippen molar-refractivity contribution in [1.29, 1.82) is 5.26 Å². The number of carbonyl (C=O) groups excluding carboxylic acids is 3. The van der Waals surface area contributed by atoms with Crippen molar-refractivity contribution < 1.29 is 32.6 Å². The molecule has 1 aromatic heterocycles. The zero-order valence-corrected chi connectivity index (χ0v) is 33.0. The van der Waals surface area contributed by atoms with Crippen molar-refractivity contribution in [1.82, 2.24) is 24.7 Å². The number of halogens is 2. The highest BCUT2D eigenvalue weighted by molar-refractivity contribution is 5.88. The average molecular weight is 735 g/mol. The molecule has 2 aliphatic heterocycles. The van der Waals surface area contributed by atoms with Crippen LogP contribution in [0.25, 0.3) is 11.0 Å². The van der Waals surface area contributed by atoms with Crippen LogP contribution in [-0.4, -0.2) is 125 Å². The number of nitrogens with one attached hydrogen (secondary N) is 1. The van der Waals surface area contributed by atoms with Gasteiger partial charge >= 0.3 is 0 Å². The number of aromatic nitrogens is 2. The number of likely N-dealkylation sites (N-methyl/N-ethyl adjacent to an activating group) is 1. The Kier molecular flexibility index (Phi) is 22.8. The van der Waals surface area contributed by atoms with Crippen molar-refractivity contribution in [3.63, 3.8) is 0 Å². The quantitative estimate of drug-likeness (QED) is 0.297. The van der Waals surface area contributed by atoms with Crippen LogP contribution in [-0.2, 0) is 29.4 Å². The highest BCUT2D eigenvalue weighted by atomic mass is 19.1. The summed E-state index contributed by atoms with van der Waals surface area (Å²) < 4.78 is 41.1. The number of piperazine rings is 1. The fraction of sp³-hybridized carbons (Fsp3) is 0.622. The average Bonchev–Trinajstić information content (AvgIpc) is 3.54. The lowest BCUT2D eigenvalue weighted by molar-refractivity contribution is -0.110. The molecule has 1 saturated heterocycles. The molecule has 15 heteroatoms. The first kappa shape index (κ1) is 47.7. The number of ether oxygens (including phenoxy) is 2. The lowest BCUT2D eigenvalue weighted by atomic mass is 9.93. The molecule has 2 aliphatic rings. The van der Waals surface area contributed by atoms with Gasteiger partial charge in [0.2, 0.25) is 18.3 Å². The number of aldehydes is 2. The van der Waals surface area contributed by atoms with Gasteiger partial charge in [0.15, 0.2) is 18.4 Å². The lowest BCUT2D eigenvalue weighted by Crippen LogP contribution is -2.44. The van der Waals surface area contributed by atoms with Gasteiger partial charge in [-0.2, -0.15) is 5.26 Å². The number of hydrogen-bond acceptors (Lipinski definition) is 11. The number of hydrogen-bond donors (Lipinski definition) is 1. The van der Waals surface area contributed by atoms with E-state index in [1.807, 2.05) is 54.5 Å². The molecule has 4 rings (SSSR count). The zero-order valence-electron chi connectivity index (χ0n) is 33.0. The molecule has 0 spiro atoms. The number of benzene rings is 1. The van der Waals surface area contributed by atoms with Gasteiger partial charge in [-0.1, -0.05) is 26.8 Å². The van der Waals surface area contributed by atoms with E-state index in [1.54, 1.807) is 42.8 Å². The number of fused-ring (bicyclic) bond motifs is 1. The van der Waals surface area contributed by atoms with Crippen LogP contribution >= 0.6 is 0 Å². The van der Waals surface area contributed by atoms with Gasteiger partial charge < -0.3 is 38.7 Å². The van der Waals surface area contributed by atoms with Crippen LogP contribution < -0.4 is 10.2 Å². The number of carbonyl (C=O) groups is 3. The van der Waals surface area contributed by atoms with E-state index < -0.39 is 17.2 Å². The number of nitriles is 1. The Morgan fingerprint density at radius 1 is 1.08 bits per heavy atom. The molecule has 292 valence electrons. The number of aliphatic imine (C=N–C) groups is 1. The predicted molar refractivity (Wildman–Crippen MR) is 203 cm³/mol. The van der Waals surface area contributed by atoms with Gasteiger partial charge in [0.25, 0.3) is 0 Å². The molecule has 13 nitrogen and oxygen atoms in total. The van der Waals surface area contributed by atoms with E-state index in [-0.39, 0.29) is 28.7 Å². The van der Waals surface area contributed by atoms with E-state index >= 15 is 0 Å². The first-order valence-electron chi connectivity index (χ1n) is 17.2. The number of methoxy groups -OCH3 is 1. The third-order valence-electron chi connectivity index (χ3n) is 7.19. The minimum Gasteiger partial charge on any atom is -0.456 e. The van der Waals surface area contributed by atoms with Crippen molar-refractivity contribution in [3.05, 3.63) is 35.4 Å². The Bertz CT molecular complexity index is 1470. The molecule has 0 radical (unpaired) electrons. The monoisotopic (exact) mass is 734 g/mol. The number of imidazole rings is 1. The van der Waals surface area contributed by atoms with E-state index in [0.717, 1.165) is 57.8 Å². The molecule has 52 heavy (non-hydrogen) atoms. The van der Waals surface area contributed by atoms with Gasteiger partial charge in [0, 0.05) is 72.5 Å². The normalized spacial score (nSPS) is 14.3. The second-order valence-corrected chi connectivity index (χ2v) is 14.0. The summed E-state index contributed by atoms with van der Waals surface area (Å²) in [6, 6.07) is 2.57. The highest BCUT2D eigenvalue weighted by Crippen LogP contribution is 2.34.